The maximum Gasteiger partial charge on any atom is 0.212 e. The van der Waals surface area contributed by atoms with E-state index in [-0.39, 0.29) is 17.3 Å². The molecule has 0 aromatic heterocycles. The zero-order chi connectivity index (χ0) is 14.3. The highest BCUT2D eigenvalue weighted by Gasteiger charge is 2.34. The van der Waals surface area contributed by atoms with Crippen LogP contribution in [-0.2, 0) is 0 Å². The number of hydrogen-bond donors (Lipinski definition) is 1. The van der Waals surface area contributed by atoms with E-state index in [1.807, 2.05) is 11.9 Å². The van der Waals surface area contributed by atoms with Gasteiger partial charge in [-0.25, -0.2) is 0 Å². The van der Waals surface area contributed by atoms with Gasteiger partial charge in [-0.05, 0) is 7.05 Å². The zero-order valence-corrected chi connectivity index (χ0v) is 11.4. The summed E-state index contributed by atoms with van der Waals surface area (Å²) in [4.78, 5) is 29.0. The molecule has 1 aromatic carbocycles. The van der Waals surface area contributed by atoms with Gasteiger partial charge in [0.2, 0.25) is 11.6 Å². The SMILES string of the molecule is CN1CCN(C2=C(N)C(=O)c3ccccc3C2=O)CC1. The van der Waals surface area contributed by atoms with E-state index < -0.39 is 0 Å². The first-order chi connectivity index (χ1) is 9.59. The van der Waals surface area contributed by atoms with Crippen LogP contribution in [0.2, 0.25) is 0 Å². The molecule has 0 saturated carbocycles. The van der Waals surface area contributed by atoms with Crippen molar-refractivity contribution in [2.75, 3.05) is 33.2 Å². The van der Waals surface area contributed by atoms with Crippen LogP contribution in [0.15, 0.2) is 35.7 Å². The molecule has 2 aliphatic rings. The molecule has 5 nitrogen and oxygen atoms in total. The zero-order valence-electron chi connectivity index (χ0n) is 11.4. The number of likely N-dealkylation sites (N-methyl/N-ethyl adjacent to an activating group) is 1. The molecule has 0 amide bonds. The number of nitrogens with two attached hydrogens (primary N) is 1. The molecular formula is C15H17N3O2. The second-order valence-electron chi connectivity index (χ2n) is 5.26. The Labute approximate surface area is 117 Å². The van der Waals surface area contributed by atoms with Crippen LogP contribution in [0.3, 0.4) is 0 Å². The standard InChI is InChI=1S/C15H17N3O2/c1-17-6-8-18(9-7-17)13-12(16)14(19)10-4-2-3-5-11(10)15(13)20/h2-5H,6-9,16H2,1H3. The molecule has 1 fully saturated rings. The van der Waals surface area contributed by atoms with E-state index in [0.29, 0.717) is 29.9 Å². The Hall–Kier alpha value is -2.14. The lowest BCUT2D eigenvalue weighted by Crippen LogP contribution is -2.47. The van der Waals surface area contributed by atoms with E-state index in [2.05, 4.69) is 4.90 Å². The fraction of sp³-hybridized carbons (Fsp3) is 0.333. The van der Waals surface area contributed by atoms with E-state index >= 15 is 0 Å². The number of carbonyl (C=O) groups excluding carboxylic acids is 2. The molecule has 2 N–H and O–H groups in total. The van der Waals surface area contributed by atoms with Crippen molar-refractivity contribution in [1.29, 1.82) is 0 Å². The number of ketones is 2. The lowest BCUT2D eigenvalue weighted by atomic mass is 9.90. The monoisotopic (exact) mass is 271 g/mol. The van der Waals surface area contributed by atoms with Gasteiger partial charge in [0.05, 0.1) is 0 Å². The van der Waals surface area contributed by atoms with E-state index in [9.17, 15) is 9.59 Å². The number of carbonyl (C=O) groups is 2. The third kappa shape index (κ3) is 1.91. The van der Waals surface area contributed by atoms with Crippen molar-refractivity contribution in [2.24, 2.45) is 5.73 Å². The van der Waals surface area contributed by atoms with Crippen LogP contribution in [0.25, 0.3) is 0 Å². The topological polar surface area (TPSA) is 66.6 Å². The molecule has 1 saturated heterocycles. The van der Waals surface area contributed by atoms with Crippen molar-refractivity contribution < 1.29 is 9.59 Å². The molecule has 1 heterocycles. The van der Waals surface area contributed by atoms with Crippen molar-refractivity contribution in [1.82, 2.24) is 9.80 Å². The number of rotatable bonds is 1. The van der Waals surface area contributed by atoms with Crippen molar-refractivity contribution in [3.63, 3.8) is 0 Å². The highest BCUT2D eigenvalue weighted by atomic mass is 16.1. The summed E-state index contributed by atoms with van der Waals surface area (Å²) in [5, 5.41) is 0. The Morgan fingerprint density at radius 1 is 0.950 bits per heavy atom. The summed E-state index contributed by atoms with van der Waals surface area (Å²) in [6.07, 6.45) is 0. The van der Waals surface area contributed by atoms with Gasteiger partial charge in [0.1, 0.15) is 11.4 Å². The minimum absolute atomic E-state index is 0.0817. The van der Waals surface area contributed by atoms with Crippen LogP contribution in [0.5, 0.6) is 0 Å². The average molecular weight is 271 g/mol. The number of allylic oxidation sites excluding steroid dienone is 2. The maximum absolute atomic E-state index is 12.6. The Morgan fingerprint density at radius 3 is 2.10 bits per heavy atom. The predicted octanol–water partition coefficient (Wildman–Crippen LogP) is 0.483. The fourth-order valence-corrected chi connectivity index (χ4v) is 2.73. The molecule has 0 unspecified atom stereocenters. The van der Waals surface area contributed by atoms with Gasteiger partial charge >= 0.3 is 0 Å². The third-order valence-electron chi connectivity index (χ3n) is 3.95. The molecule has 1 aliphatic carbocycles. The molecule has 0 spiro atoms. The lowest BCUT2D eigenvalue weighted by Gasteiger charge is -2.36. The Kier molecular flexibility index (Phi) is 3.06. The normalized spacial score (nSPS) is 20.4. The molecule has 0 bridgehead atoms. The highest BCUT2D eigenvalue weighted by Crippen LogP contribution is 2.26. The van der Waals surface area contributed by atoms with Crippen molar-refractivity contribution in [3.8, 4) is 0 Å². The highest BCUT2D eigenvalue weighted by molar-refractivity contribution is 6.26. The summed E-state index contributed by atoms with van der Waals surface area (Å²) >= 11 is 0. The lowest BCUT2D eigenvalue weighted by molar-refractivity contribution is 0.0915. The van der Waals surface area contributed by atoms with E-state index in [1.54, 1.807) is 24.3 Å². The molecule has 0 atom stereocenters. The predicted molar refractivity (Wildman–Crippen MR) is 75.4 cm³/mol. The summed E-state index contributed by atoms with van der Waals surface area (Å²) in [5.41, 5.74) is 7.27. The van der Waals surface area contributed by atoms with Crippen LogP contribution < -0.4 is 5.73 Å². The number of fused-ring (bicyclic) bond motifs is 1. The number of hydrogen-bond acceptors (Lipinski definition) is 5. The second-order valence-corrected chi connectivity index (χ2v) is 5.26. The van der Waals surface area contributed by atoms with Gasteiger partial charge in [0.15, 0.2) is 0 Å². The first kappa shape index (κ1) is 12.9. The van der Waals surface area contributed by atoms with E-state index in [1.165, 1.54) is 0 Å². The van der Waals surface area contributed by atoms with Crippen LogP contribution in [-0.4, -0.2) is 54.6 Å². The summed E-state index contributed by atoms with van der Waals surface area (Å²) < 4.78 is 0. The van der Waals surface area contributed by atoms with E-state index in [0.717, 1.165) is 13.1 Å². The third-order valence-corrected chi connectivity index (χ3v) is 3.95. The summed E-state index contributed by atoms with van der Waals surface area (Å²) in [6.45, 7) is 3.15. The number of Topliss-reactive ketones (excluding diaryl/α,β-unsaturated/α-hetero) is 2. The molecule has 1 aromatic rings. The van der Waals surface area contributed by atoms with Gasteiger partial charge in [0.25, 0.3) is 0 Å². The largest absolute Gasteiger partial charge is 0.394 e. The van der Waals surface area contributed by atoms with Gasteiger partial charge in [-0.2, -0.15) is 0 Å². The average Bonchev–Trinajstić information content (AvgIpc) is 2.47. The van der Waals surface area contributed by atoms with Gasteiger partial charge in [-0.15, -0.1) is 0 Å². The van der Waals surface area contributed by atoms with Gasteiger partial charge < -0.3 is 15.5 Å². The minimum Gasteiger partial charge on any atom is -0.394 e. The molecule has 20 heavy (non-hydrogen) atoms. The van der Waals surface area contributed by atoms with Gasteiger partial charge in [-0.3, -0.25) is 9.59 Å². The quantitative estimate of drug-likeness (QED) is 0.805. The summed E-state index contributed by atoms with van der Waals surface area (Å²) in [7, 11) is 2.04. The number of nitrogens with zero attached hydrogens (tertiary/aromatic N) is 2. The fourth-order valence-electron chi connectivity index (χ4n) is 2.73. The first-order valence-electron chi connectivity index (χ1n) is 6.71. The number of benzene rings is 1. The maximum atomic E-state index is 12.6. The Morgan fingerprint density at radius 2 is 1.50 bits per heavy atom. The molecule has 0 radical (unpaired) electrons. The van der Waals surface area contributed by atoms with Crippen LogP contribution >= 0.6 is 0 Å². The van der Waals surface area contributed by atoms with Gasteiger partial charge in [-0.1, -0.05) is 24.3 Å². The molecule has 5 heteroatoms. The Balaban J connectivity index is 2.01. The van der Waals surface area contributed by atoms with Crippen LogP contribution in [0.1, 0.15) is 20.7 Å². The van der Waals surface area contributed by atoms with Crippen molar-refractivity contribution in [2.45, 2.75) is 0 Å². The van der Waals surface area contributed by atoms with Gasteiger partial charge in [0, 0.05) is 37.3 Å². The summed E-state index contributed by atoms with van der Waals surface area (Å²) in [5.74, 6) is -0.378. The van der Waals surface area contributed by atoms with Crippen molar-refractivity contribution in [3.05, 3.63) is 46.8 Å². The van der Waals surface area contributed by atoms with Crippen LogP contribution in [0, 0.1) is 0 Å². The molecular weight excluding hydrogens is 254 g/mol. The molecule has 104 valence electrons. The summed E-state index contributed by atoms with van der Waals surface area (Å²) in [6, 6.07) is 6.87. The minimum atomic E-state index is -0.242. The second kappa shape index (κ2) is 4.76. The Bertz CT molecular complexity index is 613. The first-order valence-corrected chi connectivity index (χ1v) is 6.71. The van der Waals surface area contributed by atoms with Crippen LogP contribution in [0.4, 0.5) is 0 Å². The van der Waals surface area contributed by atoms with Crippen molar-refractivity contribution >= 4 is 11.6 Å². The number of piperazine rings is 1. The smallest absolute Gasteiger partial charge is 0.212 e. The van der Waals surface area contributed by atoms with E-state index in [4.69, 9.17) is 5.73 Å². The molecule has 3 rings (SSSR count). The molecule has 1 aliphatic heterocycles.